The van der Waals surface area contributed by atoms with Crippen LogP contribution in [-0.2, 0) is 73.8 Å². The number of rotatable bonds is 26. The molecule has 2 amide bonds. The van der Waals surface area contributed by atoms with Crippen molar-refractivity contribution in [1.29, 1.82) is 0 Å². The van der Waals surface area contributed by atoms with Crippen LogP contribution in [0, 0.1) is 0 Å². The first-order valence-corrected chi connectivity index (χ1v) is 34.2. The summed E-state index contributed by atoms with van der Waals surface area (Å²) in [5, 5.41) is 59.7. The molecule has 6 aromatic carbocycles. The third kappa shape index (κ3) is 25.2. The predicted octanol–water partition coefficient (Wildman–Crippen LogP) is 9.97. The second-order valence-corrected chi connectivity index (χ2v) is 24.7. The van der Waals surface area contributed by atoms with Gasteiger partial charge in [-0.3, -0.25) is 19.4 Å². The molecule has 18 atom stereocenters. The molecule has 6 aromatic rings. The van der Waals surface area contributed by atoms with E-state index in [1.165, 1.54) is 0 Å². The van der Waals surface area contributed by atoms with Gasteiger partial charge in [0.2, 0.25) is 0 Å². The van der Waals surface area contributed by atoms with E-state index in [0.717, 1.165) is 61.4 Å². The average molecular weight is 1510 g/mol. The number of nitrogens with zero attached hydrogens (tertiary/aromatic N) is 20. The van der Waals surface area contributed by atoms with Crippen LogP contribution in [0.25, 0.3) is 62.7 Å². The Morgan fingerprint density at radius 3 is 1.10 bits per heavy atom. The summed E-state index contributed by atoms with van der Waals surface area (Å²) in [6.45, 7) is 2.63. The van der Waals surface area contributed by atoms with E-state index in [9.17, 15) is 57.0 Å². The fraction of sp³-hybridized carbons (Fsp3) is 0.444. The van der Waals surface area contributed by atoms with Crippen molar-refractivity contribution in [2.75, 3.05) is 14.2 Å². The molecule has 10 rings (SSSR count). The number of azide groups is 6. The van der Waals surface area contributed by atoms with Gasteiger partial charge in [-0.2, -0.15) is 7.11 Å². The van der Waals surface area contributed by atoms with E-state index in [0.29, 0.717) is 12.8 Å². The van der Waals surface area contributed by atoms with Gasteiger partial charge in [-0.1, -0.05) is 213 Å². The van der Waals surface area contributed by atoms with Crippen molar-refractivity contribution in [3.05, 3.63) is 278 Å². The molecule has 36 nitrogen and oxygen atoms in total. The van der Waals surface area contributed by atoms with Gasteiger partial charge in [0, 0.05) is 63.5 Å². The zero-order valence-electron chi connectivity index (χ0n) is 60.4. The van der Waals surface area contributed by atoms with Gasteiger partial charge in [0.15, 0.2) is 18.7 Å². The molecule has 0 aromatic heterocycles. The molecule has 3 N–H and O–H groups in total. The van der Waals surface area contributed by atoms with E-state index in [1.54, 1.807) is 9.80 Å². The van der Waals surface area contributed by atoms with Crippen molar-refractivity contribution in [2.45, 2.75) is 188 Å². The Morgan fingerprint density at radius 1 is 0.431 bits per heavy atom. The number of hydrogen-bond donors (Lipinski definition) is 3. The molecule has 2 aliphatic carbocycles. The molecular formula is C72H83N20NaO16. The standard InChI is InChI=1S/C37H40N10O8.C33H36N10O6.CH4O.CH3O.Na/c1-23(48)52-33-29(42-45-39)20-30(43-46-40)34(35(33)53-24(2)49)55-36-28(41-44-38)18-19-31(54-36)32(27-16-10-5-11-17-27)47(21-25-12-6-3-7-13-25)37(50)51-22-26-14-8-4-9-15-26;34-40-37-24-16-17-27(48-32(24)49-31-26(39-42-36)18-25(38-41-35)29(44)30(31)45)28(23-14-8-3-9-15-23)43(19-21-10-4-1-5-11-21)33(46)47-20-22-12-6-2-7-13-22;2*1-2;/h3-17,28-36H,18-22H2,1-2H3;1-15,24-32,44-45H,16-20H2;2H,1H3;1H3;/q;;;-1;+1/t28-,29-,30+,31+,32-,33+,34-,35-,36-;24-,25-,26+,27+,28-,29+,30-,31-,32-;;;/m11.../s1. The Kier molecular flexibility index (Phi) is 37.2. The third-order valence-corrected chi connectivity index (χ3v) is 17.9. The first kappa shape index (κ1) is 87.3. The Labute approximate surface area is 648 Å². The number of aliphatic hydroxyl groups is 3. The summed E-state index contributed by atoms with van der Waals surface area (Å²) < 4.78 is 48.8. The number of carbonyl (C=O) groups excluding carboxylic acids is 4. The van der Waals surface area contributed by atoms with Crippen molar-refractivity contribution in [3.63, 3.8) is 0 Å². The molecule has 2 saturated carbocycles. The monoisotopic (exact) mass is 1510 g/mol. The van der Waals surface area contributed by atoms with Crippen LogP contribution in [0.4, 0.5) is 9.59 Å². The summed E-state index contributed by atoms with van der Waals surface area (Å²) in [5.74, 6) is -1.55. The summed E-state index contributed by atoms with van der Waals surface area (Å²) in [6.07, 6.45) is -13.0. The molecule has 568 valence electrons. The number of amides is 2. The van der Waals surface area contributed by atoms with Crippen LogP contribution in [0.2, 0.25) is 0 Å². The van der Waals surface area contributed by atoms with Gasteiger partial charge in [0.1, 0.15) is 31.5 Å². The Morgan fingerprint density at radius 2 is 0.734 bits per heavy atom. The van der Waals surface area contributed by atoms with E-state index in [-0.39, 0.29) is 81.5 Å². The van der Waals surface area contributed by atoms with E-state index < -0.39 is 134 Å². The molecule has 2 saturated heterocycles. The quantitative estimate of drug-likeness (QED) is 0.0113. The minimum atomic E-state index is -1.64. The second-order valence-electron chi connectivity index (χ2n) is 24.7. The van der Waals surface area contributed by atoms with Crippen LogP contribution < -0.4 is 34.7 Å². The second kappa shape index (κ2) is 46.5. The van der Waals surface area contributed by atoms with Crippen LogP contribution in [0.1, 0.15) is 97.8 Å². The van der Waals surface area contributed by atoms with E-state index >= 15 is 0 Å². The maximum atomic E-state index is 14.2. The van der Waals surface area contributed by atoms with Gasteiger partial charge in [0.25, 0.3) is 0 Å². The normalized spacial score (nSPS) is 24.8. The van der Waals surface area contributed by atoms with Crippen molar-refractivity contribution in [2.24, 2.45) is 30.7 Å². The van der Waals surface area contributed by atoms with Crippen molar-refractivity contribution in [3.8, 4) is 0 Å². The van der Waals surface area contributed by atoms with Crippen molar-refractivity contribution >= 4 is 24.1 Å². The van der Waals surface area contributed by atoms with Crippen LogP contribution in [0.3, 0.4) is 0 Å². The molecule has 4 fully saturated rings. The molecule has 0 bridgehead atoms. The average Bonchev–Trinajstić information content (AvgIpc) is 0.781. The zero-order chi connectivity index (χ0) is 77.7. The summed E-state index contributed by atoms with van der Waals surface area (Å²) in [6, 6.07) is 48.3. The molecule has 0 spiro atoms. The SMILES string of the molecule is CC(=O)O[C@@H]1[C@@H](OC(C)=O)[C@H](N=[N+]=[N-])C[C@H](N=[N+]=[N-])[C@H]1O[C@H]1O[C@H]([C@@H](c2ccccc2)N(Cc2ccccc2)C(=O)OCc2ccccc2)CC[C@H]1N=[N+]=[N-].CO.C[O-].[N-]=[N+]=N[C@H]1C[C@@H](N=[N+]=[N-])[C@H](O)[C@@H](O)[C@@H]1O[C@H]1O[C@H]([C@@H](c2ccccc2)N(Cc2ccccc2)C(=O)OCc2ccccc2)CC[C@H]1N=[N+]=[N-].[Na+]. The van der Waals surface area contributed by atoms with Gasteiger partial charge in [-0.15, -0.1) is 0 Å². The largest absolute Gasteiger partial charge is 1.00 e. The van der Waals surface area contributed by atoms with Gasteiger partial charge in [-0.25, -0.2) is 9.59 Å². The topological polar surface area (TPSA) is 525 Å². The molecule has 2 aliphatic heterocycles. The molecule has 2 heterocycles. The van der Waals surface area contributed by atoms with Crippen molar-refractivity contribution in [1.82, 2.24) is 9.80 Å². The first-order chi connectivity index (χ1) is 52.6. The summed E-state index contributed by atoms with van der Waals surface area (Å²) in [5.41, 5.74) is 60.7. The zero-order valence-corrected chi connectivity index (χ0v) is 62.4. The number of benzene rings is 6. The van der Waals surface area contributed by atoms with E-state index in [4.69, 9.17) is 53.6 Å². The minimum Gasteiger partial charge on any atom is -0.857 e. The van der Waals surface area contributed by atoms with E-state index in [2.05, 4.69) is 60.2 Å². The Bertz CT molecular complexity index is 4110. The number of carbonyl (C=O) groups is 4. The van der Waals surface area contributed by atoms with Gasteiger partial charge >= 0.3 is 53.7 Å². The van der Waals surface area contributed by atoms with Gasteiger partial charge < -0.3 is 58.3 Å². The fourth-order valence-electron chi connectivity index (χ4n) is 13.2. The van der Waals surface area contributed by atoms with E-state index in [1.807, 2.05) is 182 Å². The number of esters is 2. The third-order valence-electron chi connectivity index (χ3n) is 17.9. The van der Waals surface area contributed by atoms with Crippen LogP contribution in [0.5, 0.6) is 0 Å². The number of ether oxygens (including phenoxy) is 8. The smallest absolute Gasteiger partial charge is 0.857 e. The number of hydrogen-bond acceptors (Lipinski definition) is 22. The molecule has 0 unspecified atom stereocenters. The summed E-state index contributed by atoms with van der Waals surface area (Å²) in [4.78, 5) is 73.4. The Balaban J connectivity index is 0.000000325. The predicted molar refractivity (Wildman–Crippen MR) is 385 cm³/mol. The van der Waals surface area contributed by atoms with Crippen molar-refractivity contribution < 1.29 is 107 Å². The Hall–Kier alpha value is -10.7. The molecule has 37 heteroatoms. The van der Waals surface area contributed by atoms with Gasteiger partial charge in [-0.05, 0) is 105 Å². The number of aliphatic hydroxyl groups excluding tert-OH is 3. The molecular weight excluding hydrogens is 1420 g/mol. The molecule has 109 heavy (non-hydrogen) atoms. The fourth-order valence-corrected chi connectivity index (χ4v) is 13.2. The molecule has 4 aliphatic rings. The first-order valence-electron chi connectivity index (χ1n) is 34.2. The van der Waals surface area contributed by atoms with Crippen LogP contribution >= 0.6 is 0 Å². The maximum absolute atomic E-state index is 14.2. The minimum absolute atomic E-state index is 0. The summed E-state index contributed by atoms with van der Waals surface area (Å²) >= 11 is 0. The maximum Gasteiger partial charge on any atom is 1.00 e. The molecule has 0 radical (unpaired) electrons. The van der Waals surface area contributed by atoms with Gasteiger partial charge in [0.05, 0.1) is 72.8 Å². The van der Waals surface area contributed by atoms with Crippen LogP contribution in [-0.4, -0.2) is 161 Å². The van der Waals surface area contributed by atoms with Crippen LogP contribution in [0.15, 0.2) is 213 Å². The summed E-state index contributed by atoms with van der Waals surface area (Å²) in [7, 11) is 1.75.